The molecule has 5 heteroatoms. The third kappa shape index (κ3) is 4.23. The smallest absolute Gasteiger partial charge is 0.125 e. The summed E-state index contributed by atoms with van der Waals surface area (Å²) in [4.78, 5) is 0. The number of hydrogen-bond acceptors (Lipinski definition) is 5. The summed E-state index contributed by atoms with van der Waals surface area (Å²) >= 11 is 0. The molecule has 1 N–H and O–H groups in total. The van der Waals surface area contributed by atoms with Gasteiger partial charge in [-0.1, -0.05) is 18.2 Å². The van der Waals surface area contributed by atoms with Crippen LogP contribution in [-0.4, -0.2) is 50.3 Å². The highest BCUT2D eigenvalue weighted by Gasteiger charge is 2.36. The Morgan fingerprint density at radius 3 is 2.61 bits per heavy atom. The minimum atomic E-state index is -0.365. The first-order chi connectivity index (χ1) is 11.3. The Morgan fingerprint density at radius 2 is 1.91 bits per heavy atom. The van der Waals surface area contributed by atoms with Crippen molar-refractivity contribution in [1.82, 2.24) is 0 Å². The molecule has 0 aliphatic carbocycles. The number of hydrogen-bond donors (Lipinski definition) is 1. The Balaban J connectivity index is 1.65. The second-order valence-electron chi connectivity index (χ2n) is 6.24. The van der Waals surface area contributed by atoms with E-state index in [1.807, 2.05) is 24.3 Å². The number of methoxy groups -OCH3 is 1. The highest BCUT2D eigenvalue weighted by atomic mass is 16.5. The minimum absolute atomic E-state index is 0.0582. The van der Waals surface area contributed by atoms with Crippen LogP contribution in [0.1, 0.15) is 37.4 Å². The quantitative estimate of drug-likeness (QED) is 0.745. The van der Waals surface area contributed by atoms with Gasteiger partial charge in [-0.05, 0) is 31.7 Å². The van der Waals surface area contributed by atoms with Gasteiger partial charge in [0.2, 0.25) is 0 Å². The first-order valence-electron chi connectivity index (χ1n) is 8.42. The number of fused-ring (bicyclic) bond motifs is 2. The Bertz CT molecular complexity index is 480. The molecule has 1 aromatic carbocycles. The number of ether oxygens (including phenoxy) is 4. The molecular weight excluding hydrogens is 296 g/mol. The van der Waals surface area contributed by atoms with Gasteiger partial charge in [0.25, 0.3) is 0 Å². The van der Waals surface area contributed by atoms with Gasteiger partial charge >= 0.3 is 0 Å². The number of para-hydroxylation sites is 1. The van der Waals surface area contributed by atoms with Crippen molar-refractivity contribution >= 4 is 0 Å². The summed E-state index contributed by atoms with van der Waals surface area (Å²) in [5.74, 6) is 0.749. The van der Waals surface area contributed by atoms with Crippen LogP contribution in [-0.2, 0) is 14.2 Å². The zero-order valence-electron chi connectivity index (χ0n) is 13.6. The summed E-state index contributed by atoms with van der Waals surface area (Å²) in [6.45, 7) is 0.951. The van der Waals surface area contributed by atoms with E-state index in [9.17, 15) is 5.11 Å². The fourth-order valence-electron chi connectivity index (χ4n) is 3.48. The second-order valence-corrected chi connectivity index (χ2v) is 6.24. The monoisotopic (exact) mass is 322 g/mol. The molecule has 5 nitrogen and oxygen atoms in total. The zero-order valence-corrected chi connectivity index (χ0v) is 13.6. The van der Waals surface area contributed by atoms with Crippen LogP contribution in [0.4, 0.5) is 0 Å². The van der Waals surface area contributed by atoms with Crippen molar-refractivity contribution < 1.29 is 24.1 Å². The topological polar surface area (TPSA) is 57.2 Å². The van der Waals surface area contributed by atoms with E-state index in [-0.39, 0.29) is 18.8 Å². The summed E-state index contributed by atoms with van der Waals surface area (Å²) in [5, 5.41) is 9.82. The van der Waals surface area contributed by atoms with Crippen LogP contribution in [0, 0.1) is 0 Å². The summed E-state index contributed by atoms with van der Waals surface area (Å²) in [6, 6.07) is 7.73. The normalized spacial score (nSPS) is 27.8. The van der Waals surface area contributed by atoms with Crippen LogP contribution in [0.15, 0.2) is 24.3 Å². The Morgan fingerprint density at radius 1 is 1.17 bits per heavy atom. The highest BCUT2D eigenvalue weighted by molar-refractivity contribution is 5.35. The fraction of sp³-hybridized carbons (Fsp3) is 0.667. The maximum Gasteiger partial charge on any atom is 0.125 e. The Labute approximate surface area is 137 Å². The molecule has 23 heavy (non-hydrogen) atoms. The van der Waals surface area contributed by atoms with Crippen molar-refractivity contribution in [2.45, 2.75) is 50.1 Å². The van der Waals surface area contributed by atoms with E-state index >= 15 is 0 Å². The first kappa shape index (κ1) is 16.7. The van der Waals surface area contributed by atoms with Crippen molar-refractivity contribution in [3.05, 3.63) is 29.8 Å². The fourth-order valence-corrected chi connectivity index (χ4v) is 3.48. The maximum absolute atomic E-state index is 9.82. The van der Waals surface area contributed by atoms with E-state index in [2.05, 4.69) is 0 Å². The van der Waals surface area contributed by atoms with Gasteiger partial charge in [-0.25, -0.2) is 0 Å². The van der Waals surface area contributed by atoms with Gasteiger partial charge in [-0.2, -0.15) is 0 Å². The predicted octanol–water partition coefficient (Wildman–Crippen LogP) is 2.47. The van der Waals surface area contributed by atoms with Crippen LogP contribution >= 0.6 is 0 Å². The molecule has 0 saturated carbocycles. The Kier molecular flexibility index (Phi) is 5.89. The molecule has 2 aliphatic rings. The highest BCUT2D eigenvalue weighted by Crippen LogP contribution is 2.37. The number of aliphatic hydroxyl groups is 1. The van der Waals surface area contributed by atoms with E-state index < -0.39 is 0 Å². The molecule has 2 bridgehead atoms. The van der Waals surface area contributed by atoms with Crippen LogP contribution < -0.4 is 4.74 Å². The van der Waals surface area contributed by atoms with E-state index in [4.69, 9.17) is 18.9 Å². The molecular formula is C18H26O5. The zero-order chi connectivity index (χ0) is 16.1. The number of aliphatic hydroxyl groups excluding tert-OH is 1. The van der Waals surface area contributed by atoms with E-state index in [0.717, 1.165) is 37.0 Å². The number of benzene rings is 1. The van der Waals surface area contributed by atoms with Gasteiger partial charge in [0.05, 0.1) is 31.5 Å². The summed E-state index contributed by atoms with van der Waals surface area (Å²) in [6.07, 6.45) is 4.52. The molecule has 2 aliphatic heterocycles. The van der Waals surface area contributed by atoms with Gasteiger partial charge < -0.3 is 24.1 Å². The first-order valence-corrected chi connectivity index (χ1v) is 8.42. The second kappa shape index (κ2) is 8.11. The Hall–Kier alpha value is -1.14. The van der Waals surface area contributed by atoms with Gasteiger partial charge in [0, 0.05) is 12.7 Å². The molecule has 0 unspecified atom stereocenters. The molecule has 2 fully saturated rings. The van der Waals surface area contributed by atoms with Crippen LogP contribution in [0.25, 0.3) is 0 Å². The lowest BCUT2D eigenvalue weighted by Gasteiger charge is -2.31. The molecule has 2 saturated heterocycles. The molecule has 3 rings (SSSR count). The molecule has 0 amide bonds. The van der Waals surface area contributed by atoms with Gasteiger partial charge in [-0.3, -0.25) is 0 Å². The van der Waals surface area contributed by atoms with Crippen molar-refractivity contribution in [2.24, 2.45) is 0 Å². The molecule has 0 spiro atoms. The molecule has 3 atom stereocenters. The average Bonchev–Trinajstić information content (AvgIpc) is 2.92. The maximum atomic E-state index is 9.82. The number of rotatable bonds is 8. The van der Waals surface area contributed by atoms with E-state index in [1.165, 1.54) is 0 Å². The average molecular weight is 322 g/mol. The lowest BCUT2D eigenvalue weighted by atomic mass is 10.0. The van der Waals surface area contributed by atoms with E-state index in [0.29, 0.717) is 25.4 Å². The van der Waals surface area contributed by atoms with Gasteiger partial charge in [-0.15, -0.1) is 0 Å². The molecule has 1 aromatic rings. The summed E-state index contributed by atoms with van der Waals surface area (Å²) < 4.78 is 22.9. The molecule has 0 radical (unpaired) electrons. The summed E-state index contributed by atoms with van der Waals surface area (Å²) in [5.41, 5.74) is 0.893. The van der Waals surface area contributed by atoms with Crippen molar-refractivity contribution in [3.63, 3.8) is 0 Å². The van der Waals surface area contributed by atoms with E-state index in [1.54, 1.807) is 7.11 Å². The predicted molar refractivity (Wildman–Crippen MR) is 85.6 cm³/mol. The standard InChI is InChI=1S/C18H26O5/c1-20-8-9-21-17-5-3-2-4-16(17)18(12-19)23-15-10-13-6-7-14(11-15)22-13/h2-5,13-15,18-19H,6-12H2,1H3/t13-,14-,18-/m0/s1. The third-order valence-corrected chi connectivity index (χ3v) is 4.58. The minimum Gasteiger partial charge on any atom is -0.491 e. The third-order valence-electron chi connectivity index (χ3n) is 4.58. The van der Waals surface area contributed by atoms with Crippen molar-refractivity contribution in [2.75, 3.05) is 26.9 Å². The molecule has 0 aromatic heterocycles. The van der Waals surface area contributed by atoms with Gasteiger partial charge in [0.15, 0.2) is 0 Å². The van der Waals surface area contributed by atoms with Crippen LogP contribution in [0.2, 0.25) is 0 Å². The SMILES string of the molecule is COCCOc1ccccc1[C@H](CO)OC1C[C@@H]2CC[C@@H](C1)O2. The van der Waals surface area contributed by atoms with Crippen LogP contribution in [0.3, 0.4) is 0 Å². The summed E-state index contributed by atoms with van der Waals surface area (Å²) in [7, 11) is 1.65. The van der Waals surface area contributed by atoms with Crippen molar-refractivity contribution in [1.29, 1.82) is 0 Å². The van der Waals surface area contributed by atoms with Crippen molar-refractivity contribution in [3.8, 4) is 5.75 Å². The molecule has 128 valence electrons. The lowest BCUT2D eigenvalue weighted by Crippen LogP contribution is -2.32. The lowest BCUT2D eigenvalue weighted by molar-refractivity contribution is -0.115. The van der Waals surface area contributed by atoms with Gasteiger partial charge in [0.1, 0.15) is 18.5 Å². The molecule has 2 heterocycles. The largest absolute Gasteiger partial charge is 0.491 e. The van der Waals surface area contributed by atoms with Crippen LogP contribution in [0.5, 0.6) is 5.75 Å².